The van der Waals surface area contributed by atoms with Gasteiger partial charge in [-0.15, -0.1) is 0 Å². The number of hydrogen-bond donors (Lipinski definition) is 1. The quantitative estimate of drug-likeness (QED) is 0.478. The third-order valence-corrected chi connectivity index (χ3v) is 4.95. The Bertz CT molecular complexity index is 1200. The van der Waals surface area contributed by atoms with E-state index in [-0.39, 0.29) is 10.9 Å². The van der Waals surface area contributed by atoms with Crippen LogP contribution in [0.2, 0.25) is 5.02 Å². The van der Waals surface area contributed by atoms with Gasteiger partial charge < -0.3 is 9.73 Å². The third-order valence-electron chi connectivity index (χ3n) is 4.64. The monoisotopic (exact) mass is 366 g/mol. The summed E-state index contributed by atoms with van der Waals surface area (Å²) in [4.78, 5) is 17.2. The van der Waals surface area contributed by atoms with Crippen LogP contribution in [0.5, 0.6) is 0 Å². The lowest BCUT2D eigenvalue weighted by molar-refractivity contribution is 0.102. The van der Waals surface area contributed by atoms with E-state index in [0.717, 1.165) is 34.4 Å². The van der Waals surface area contributed by atoms with E-state index in [0.29, 0.717) is 16.8 Å². The lowest BCUT2D eigenvalue weighted by Crippen LogP contribution is -2.13. The zero-order valence-electron chi connectivity index (χ0n) is 13.7. The van der Waals surface area contributed by atoms with Gasteiger partial charge in [0, 0.05) is 40.7 Å². The summed E-state index contributed by atoms with van der Waals surface area (Å²) >= 11 is 5.70. The molecule has 0 fully saturated rings. The summed E-state index contributed by atoms with van der Waals surface area (Å²) in [5.41, 5.74) is 6.96. The van der Waals surface area contributed by atoms with Gasteiger partial charge in [-0.1, -0.05) is 11.6 Å². The summed E-state index contributed by atoms with van der Waals surface area (Å²) in [6.07, 6.45) is 2.56. The van der Waals surface area contributed by atoms with E-state index in [4.69, 9.17) is 16.0 Å². The lowest BCUT2D eigenvalue weighted by atomic mass is 9.99. The first-order valence-electron chi connectivity index (χ1n) is 8.12. The maximum absolute atomic E-state index is 13.7. The minimum atomic E-state index is -0.582. The Morgan fingerprint density at radius 3 is 2.81 bits per heavy atom. The van der Waals surface area contributed by atoms with Crippen molar-refractivity contribution in [3.05, 3.63) is 69.8 Å². The molecule has 3 heterocycles. The maximum Gasteiger partial charge on any atom is 0.260 e. The highest BCUT2D eigenvalue weighted by Gasteiger charge is 2.38. The SMILES string of the molecule is Cc1cc(-c2c(C(=O)Nc3ccc(Cl)c(F)c3)c3oc2c2c3C2)ccn1. The summed E-state index contributed by atoms with van der Waals surface area (Å²) in [5, 5.41) is 2.75. The van der Waals surface area contributed by atoms with Gasteiger partial charge in [0.05, 0.1) is 10.6 Å². The second-order valence-electron chi connectivity index (χ2n) is 6.41. The molecule has 128 valence electrons. The molecule has 1 amide bonds. The van der Waals surface area contributed by atoms with Gasteiger partial charge in [0.25, 0.3) is 5.91 Å². The Balaban J connectivity index is 1.60. The number of halogens is 2. The molecular weight excluding hydrogens is 355 g/mol. The van der Waals surface area contributed by atoms with E-state index in [2.05, 4.69) is 10.3 Å². The van der Waals surface area contributed by atoms with Crippen molar-refractivity contribution in [2.45, 2.75) is 13.3 Å². The second kappa shape index (κ2) is 5.29. The fourth-order valence-corrected chi connectivity index (χ4v) is 3.50. The Labute approximate surface area is 152 Å². The van der Waals surface area contributed by atoms with Crippen LogP contribution in [0.3, 0.4) is 0 Å². The van der Waals surface area contributed by atoms with Crippen LogP contribution in [0.1, 0.15) is 27.2 Å². The average Bonchev–Trinajstić information content (AvgIpc) is 3.22. The number of amides is 1. The number of aromatic nitrogens is 1. The number of carbonyl (C=O) groups excluding carboxylic acids is 1. The second-order valence-corrected chi connectivity index (χ2v) is 6.82. The highest BCUT2D eigenvalue weighted by molar-refractivity contribution is 6.30. The van der Waals surface area contributed by atoms with Crippen molar-refractivity contribution < 1.29 is 13.6 Å². The van der Waals surface area contributed by atoms with Gasteiger partial charge in [-0.25, -0.2) is 4.39 Å². The molecule has 26 heavy (non-hydrogen) atoms. The molecule has 6 heteroatoms. The molecule has 0 unspecified atom stereocenters. The largest absolute Gasteiger partial charge is 0.455 e. The fraction of sp³-hybridized carbons (Fsp3) is 0.100. The fourth-order valence-electron chi connectivity index (χ4n) is 3.38. The van der Waals surface area contributed by atoms with Crippen LogP contribution in [0.15, 0.2) is 40.9 Å². The standard InChI is InChI=1S/C20H12ClFN2O2/c1-9-6-10(4-5-23-9)16-17(19-13-8-12(13)18(16)26-19)20(25)24-11-2-3-14(21)15(22)7-11/h2-7H,8H2,1H3,(H,24,25). The molecular formula is C20H12ClFN2O2. The molecule has 3 aromatic heterocycles. The number of hydrogen-bond acceptors (Lipinski definition) is 3. The number of furan rings is 2. The summed E-state index contributed by atoms with van der Waals surface area (Å²) in [6.45, 7) is 1.90. The summed E-state index contributed by atoms with van der Waals surface area (Å²) in [5.74, 6) is -0.915. The van der Waals surface area contributed by atoms with E-state index in [1.807, 2.05) is 19.1 Å². The molecule has 5 rings (SSSR count). The highest BCUT2D eigenvalue weighted by Crippen LogP contribution is 2.50. The van der Waals surface area contributed by atoms with Gasteiger partial charge in [0.2, 0.25) is 0 Å². The van der Waals surface area contributed by atoms with Crippen molar-refractivity contribution in [1.82, 2.24) is 4.98 Å². The number of carbonyl (C=O) groups is 1. The highest BCUT2D eigenvalue weighted by atomic mass is 35.5. The van der Waals surface area contributed by atoms with Gasteiger partial charge >= 0.3 is 0 Å². The van der Waals surface area contributed by atoms with Crippen molar-refractivity contribution in [1.29, 1.82) is 0 Å². The van der Waals surface area contributed by atoms with E-state index in [9.17, 15) is 9.18 Å². The molecule has 1 N–H and O–H groups in total. The summed E-state index contributed by atoms with van der Waals surface area (Å²) < 4.78 is 19.5. The molecule has 0 saturated carbocycles. The Kier molecular flexibility index (Phi) is 3.12. The minimum absolute atomic E-state index is 0.0103. The topological polar surface area (TPSA) is 55.1 Å². The van der Waals surface area contributed by atoms with Crippen molar-refractivity contribution in [2.24, 2.45) is 0 Å². The number of benzene rings is 2. The summed E-state index contributed by atoms with van der Waals surface area (Å²) in [6, 6.07) is 7.95. The molecule has 0 radical (unpaired) electrons. The first-order valence-corrected chi connectivity index (χ1v) is 8.49. The molecule has 0 aliphatic heterocycles. The Hall–Kier alpha value is -2.92. The van der Waals surface area contributed by atoms with E-state index < -0.39 is 5.82 Å². The van der Waals surface area contributed by atoms with Crippen LogP contribution in [0.4, 0.5) is 10.1 Å². The molecule has 1 aliphatic rings. The number of rotatable bonds is 3. The molecule has 0 spiro atoms. The van der Waals surface area contributed by atoms with Crippen LogP contribution in [0, 0.1) is 12.7 Å². The number of pyridine rings is 1. The van der Waals surface area contributed by atoms with E-state index in [1.165, 1.54) is 17.7 Å². The van der Waals surface area contributed by atoms with Crippen molar-refractivity contribution in [3.8, 4) is 11.1 Å². The predicted octanol–water partition coefficient (Wildman–Crippen LogP) is 5.19. The smallest absolute Gasteiger partial charge is 0.260 e. The average molecular weight is 367 g/mol. The molecule has 4 aromatic rings. The lowest BCUT2D eigenvalue weighted by Gasteiger charge is -2.08. The van der Waals surface area contributed by atoms with Crippen molar-refractivity contribution in [2.75, 3.05) is 5.32 Å². The van der Waals surface area contributed by atoms with Gasteiger partial charge in [-0.05, 0) is 42.8 Å². The number of nitrogens with one attached hydrogen (secondary N) is 1. The zero-order chi connectivity index (χ0) is 18.0. The molecule has 0 saturated heterocycles. The normalized spacial score (nSPS) is 12.4. The van der Waals surface area contributed by atoms with E-state index in [1.54, 1.807) is 12.3 Å². The molecule has 1 aromatic carbocycles. The van der Waals surface area contributed by atoms with Crippen LogP contribution >= 0.6 is 11.6 Å². The Morgan fingerprint density at radius 2 is 2.04 bits per heavy atom. The van der Waals surface area contributed by atoms with Crippen LogP contribution in [-0.2, 0) is 6.42 Å². The number of anilines is 1. The van der Waals surface area contributed by atoms with Crippen LogP contribution in [-0.4, -0.2) is 10.9 Å². The first kappa shape index (κ1) is 15.3. The van der Waals surface area contributed by atoms with Gasteiger partial charge in [0.1, 0.15) is 17.0 Å². The number of nitrogens with zero attached hydrogens (tertiary/aromatic N) is 1. The van der Waals surface area contributed by atoms with Crippen molar-refractivity contribution in [3.63, 3.8) is 0 Å². The van der Waals surface area contributed by atoms with Gasteiger partial charge in [-0.3, -0.25) is 9.78 Å². The van der Waals surface area contributed by atoms with Gasteiger partial charge in [0.15, 0.2) is 0 Å². The van der Waals surface area contributed by atoms with Crippen LogP contribution < -0.4 is 5.32 Å². The predicted molar refractivity (Wildman–Crippen MR) is 97.5 cm³/mol. The van der Waals surface area contributed by atoms with Crippen molar-refractivity contribution >= 4 is 34.4 Å². The molecule has 4 nitrogen and oxygen atoms in total. The maximum atomic E-state index is 13.7. The van der Waals surface area contributed by atoms with Gasteiger partial charge in [-0.2, -0.15) is 0 Å². The zero-order valence-corrected chi connectivity index (χ0v) is 14.4. The first-order chi connectivity index (χ1) is 12.5. The molecule has 2 bridgehead atoms. The summed E-state index contributed by atoms with van der Waals surface area (Å²) in [7, 11) is 0. The third kappa shape index (κ3) is 2.21. The molecule has 1 aliphatic carbocycles. The Morgan fingerprint density at radius 1 is 1.23 bits per heavy atom. The van der Waals surface area contributed by atoms with E-state index >= 15 is 0 Å². The number of aryl methyl sites for hydroxylation is 1. The molecule has 0 atom stereocenters. The minimum Gasteiger partial charge on any atom is -0.455 e. The number of fused-ring (bicyclic) bond motifs is 5. The van der Waals surface area contributed by atoms with Crippen LogP contribution in [0.25, 0.3) is 22.3 Å².